The molecule has 0 saturated carbocycles. The van der Waals surface area contributed by atoms with Gasteiger partial charge in [0.15, 0.2) is 5.56 Å². The lowest BCUT2D eigenvalue weighted by Gasteiger charge is -2.11. The van der Waals surface area contributed by atoms with Crippen LogP contribution in [0, 0.1) is 0 Å². The smallest absolute Gasteiger partial charge is 0.192 e. The summed E-state index contributed by atoms with van der Waals surface area (Å²) in [6.07, 6.45) is 5.35. The van der Waals surface area contributed by atoms with Crippen molar-refractivity contribution in [1.82, 2.24) is 0 Å². The maximum atomic E-state index is 5.63. The van der Waals surface area contributed by atoms with E-state index >= 15 is 0 Å². The van der Waals surface area contributed by atoms with Crippen molar-refractivity contribution < 1.29 is 4.74 Å². The van der Waals surface area contributed by atoms with Crippen molar-refractivity contribution in [3.05, 3.63) is 24.0 Å². The van der Waals surface area contributed by atoms with Gasteiger partial charge in [-0.1, -0.05) is 17.7 Å². The highest BCUT2D eigenvalue weighted by atomic mass is 35.5. The van der Waals surface area contributed by atoms with Crippen molar-refractivity contribution >= 4 is 11.6 Å². The summed E-state index contributed by atoms with van der Waals surface area (Å²) in [4.78, 5) is 0. The van der Waals surface area contributed by atoms with Crippen molar-refractivity contribution in [1.29, 1.82) is 0 Å². The van der Waals surface area contributed by atoms with E-state index in [9.17, 15) is 0 Å². The van der Waals surface area contributed by atoms with Gasteiger partial charge in [-0.3, -0.25) is 0 Å². The summed E-state index contributed by atoms with van der Waals surface area (Å²) < 4.78 is 4.91. The zero-order valence-corrected chi connectivity index (χ0v) is 5.35. The minimum Gasteiger partial charge on any atom is -0.478 e. The van der Waals surface area contributed by atoms with Crippen molar-refractivity contribution in [2.75, 3.05) is 0 Å². The highest BCUT2D eigenvalue weighted by molar-refractivity contribution is 6.21. The summed E-state index contributed by atoms with van der Waals surface area (Å²) in [5.74, 6) is 0. The molecule has 1 rings (SSSR count). The van der Waals surface area contributed by atoms with Gasteiger partial charge in [0.1, 0.15) is 0 Å². The molecule has 0 amide bonds. The predicted molar refractivity (Wildman–Crippen MR) is 33.6 cm³/mol. The molecule has 1 nitrogen and oxygen atoms in total. The lowest BCUT2D eigenvalue weighted by atomic mass is 10.3. The SMILES string of the molecule is CC1=CC=COC1Cl. The highest BCUT2D eigenvalue weighted by Gasteiger charge is 2.05. The Balaban J connectivity index is 2.66. The molecule has 2 heteroatoms. The van der Waals surface area contributed by atoms with Gasteiger partial charge in [-0.15, -0.1) is 0 Å². The van der Waals surface area contributed by atoms with E-state index in [2.05, 4.69) is 0 Å². The Kier molecular flexibility index (Phi) is 1.59. The van der Waals surface area contributed by atoms with Crippen LogP contribution in [0.3, 0.4) is 0 Å². The average Bonchev–Trinajstić information content (AvgIpc) is 1.77. The van der Waals surface area contributed by atoms with Gasteiger partial charge < -0.3 is 4.74 Å². The van der Waals surface area contributed by atoms with Crippen LogP contribution >= 0.6 is 11.6 Å². The van der Waals surface area contributed by atoms with E-state index < -0.39 is 0 Å². The average molecular weight is 131 g/mol. The molecule has 0 aromatic carbocycles. The summed E-state index contributed by atoms with van der Waals surface area (Å²) in [6.45, 7) is 1.93. The maximum absolute atomic E-state index is 5.63. The Morgan fingerprint density at radius 3 is 2.88 bits per heavy atom. The van der Waals surface area contributed by atoms with Gasteiger partial charge in [0.25, 0.3) is 0 Å². The highest BCUT2D eigenvalue weighted by Crippen LogP contribution is 2.14. The van der Waals surface area contributed by atoms with Crippen LogP contribution in [0.1, 0.15) is 6.92 Å². The van der Waals surface area contributed by atoms with E-state index in [1.807, 2.05) is 19.1 Å². The lowest BCUT2D eigenvalue weighted by molar-refractivity contribution is 0.241. The zero-order valence-electron chi connectivity index (χ0n) is 4.60. The summed E-state index contributed by atoms with van der Waals surface area (Å²) in [6, 6.07) is 0. The van der Waals surface area contributed by atoms with Crippen molar-refractivity contribution in [2.45, 2.75) is 12.5 Å². The van der Waals surface area contributed by atoms with Crippen LogP contribution in [0.15, 0.2) is 24.0 Å². The summed E-state index contributed by atoms with van der Waals surface area (Å²) >= 11 is 5.63. The van der Waals surface area contributed by atoms with Crippen LogP contribution in [0.25, 0.3) is 0 Å². The number of rotatable bonds is 0. The molecule has 0 radical (unpaired) electrons. The Hall–Kier alpha value is -0.430. The maximum Gasteiger partial charge on any atom is 0.192 e. The Morgan fingerprint density at radius 2 is 2.50 bits per heavy atom. The van der Waals surface area contributed by atoms with Crippen LogP contribution in [-0.4, -0.2) is 5.56 Å². The molecule has 1 atom stereocenters. The first-order chi connectivity index (χ1) is 3.80. The molecule has 0 aromatic rings. The summed E-state index contributed by atoms with van der Waals surface area (Å²) in [7, 11) is 0. The minimum absolute atomic E-state index is 0.250. The molecule has 0 aromatic heterocycles. The van der Waals surface area contributed by atoms with Gasteiger partial charge in [-0.2, -0.15) is 0 Å². The Morgan fingerprint density at radius 1 is 1.75 bits per heavy atom. The molecule has 1 aliphatic rings. The molecule has 44 valence electrons. The second kappa shape index (κ2) is 2.23. The van der Waals surface area contributed by atoms with E-state index in [0.29, 0.717) is 0 Å². The molecule has 0 spiro atoms. The first-order valence-electron chi connectivity index (χ1n) is 2.43. The molecule has 0 saturated heterocycles. The third-order valence-electron chi connectivity index (χ3n) is 0.994. The Bertz CT molecular complexity index is 137. The number of hydrogen-bond acceptors (Lipinski definition) is 1. The number of allylic oxidation sites excluding steroid dienone is 2. The standard InChI is InChI=1S/C6H7ClO/c1-5-3-2-4-8-6(5)7/h2-4,6H,1H3. The molecule has 1 aliphatic heterocycles. The van der Waals surface area contributed by atoms with E-state index in [4.69, 9.17) is 16.3 Å². The van der Waals surface area contributed by atoms with Crippen molar-refractivity contribution in [2.24, 2.45) is 0 Å². The van der Waals surface area contributed by atoms with Gasteiger partial charge >= 0.3 is 0 Å². The van der Waals surface area contributed by atoms with Gasteiger partial charge in [0.2, 0.25) is 0 Å². The molecule has 0 fully saturated rings. The zero-order chi connectivity index (χ0) is 5.98. The molecule has 1 unspecified atom stereocenters. The molecule has 0 N–H and O–H groups in total. The predicted octanol–water partition coefficient (Wildman–Crippen LogP) is 2.04. The first kappa shape index (κ1) is 5.70. The fourth-order valence-electron chi connectivity index (χ4n) is 0.488. The third-order valence-corrected chi connectivity index (χ3v) is 1.44. The monoisotopic (exact) mass is 130 g/mol. The summed E-state index contributed by atoms with van der Waals surface area (Å²) in [5, 5.41) is 0. The van der Waals surface area contributed by atoms with E-state index in [1.54, 1.807) is 6.26 Å². The van der Waals surface area contributed by atoms with Crippen LogP contribution in [-0.2, 0) is 4.74 Å². The second-order valence-electron chi connectivity index (χ2n) is 1.69. The van der Waals surface area contributed by atoms with Gasteiger partial charge in [-0.05, 0) is 18.6 Å². The molecule has 0 bridgehead atoms. The van der Waals surface area contributed by atoms with Crippen molar-refractivity contribution in [3.63, 3.8) is 0 Å². The van der Waals surface area contributed by atoms with Gasteiger partial charge in [-0.25, -0.2) is 0 Å². The molecule has 1 heterocycles. The fourth-order valence-corrected chi connectivity index (χ4v) is 0.621. The largest absolute Gasteiger partial charge is 0.478 e. The van der Waals surface area contributed by atoms with Crippen molar-refractivity contribution in [3.8, 4) is 0 Å². The second-order valence-corrected chi connectivity index (χ2v) is 2.09. The number of hydrogen-bond donors (Lipinski definition) is 0. The number of alkyl halides is 1. The quantitative estimate of drug-likeness (QED) is 0.456. The topological polar surface area (TPSA) is 9.23 Å². The first-order valence-corrected chi connectivity index (χ1v) is 2.87. The van der Waals surface area contributed by atoms with Gasteiger partial charge in [0, 0.05) is 0 Å². The van der Waals surface area contributed by atoms with E-state index in [-0.39, 0.29) is 5.56 Å². The van der Waals surface area contributed by atoms with Crippen LogP contribution in [0.5, 0.6) is 0 Å². The third kappa shape index (κ3) is 1.04. The van der Waals surface area contributed by atoms with Crippen LogP contribution in [0.4, 0.5) is 0 Å². The summed E-state index contributed by atoms with van der Waals surface area (Å²) in [5.41, 5.74) is 0.800. The van der Waals surface area contributed by atoms with Crippen LogP contribution < -0.4 is 0 Å². The van der Waals surface area contributed by atoms with Gasteiger partial charge in [0.05, 0.1) is 6.26 Å². The van der Waals surface area contributed by atoms with E-state index in [0.717, 1.165) is 5.57 Å². The Labute approximate surface area is 53.6 Å². The van der Waals surface area contributed by atoms with Crippen LogP contribution in [0.2, 0.25) is 0 Å². The molecular weight excluding hydrogens is 124 g/mol. The fraction of sp³-hybridized carbons (Fsp3) is 0.333. The number of halogens is 1. The minimum atomic E-state index is -0.250. The number of ether oxygens (including phenoxy) is 1. The lowest BCUT2D eigenvalue weighted by Crippen LogP contribution is -2.03. The molecule has 8 heavy (non-hydrogen) atoms. The molecular formula is C6H7ClO. The van der Waals surface area contributed by atoms with E-state index in [1.165, 1.54) is 0 Å². The normalized spacial score (nSPS) is 26.8. The molecule has 0 aliphatic carbocycles.